The topological polar surface area (TPSA) is 70.8 Å². The molecule has 110 valence electrons. The summed E-state index contributed by atoms with van der Waals surface area (Å²) < 4.78 is 5.63. The standard InChI is InChI=1S/C15H21NO4/c1-3-10-8-13(20-12(10)4-2)14(17)16-7-5-6-11(9-16)15(18)19/h8,11H,3-7,9H2,1-2H3,(H,18,19)/t11-/m0/s1. The summed E-state index contributed by atoms with van der Waals surface area (Å²) in [6, 6.07) is 1.80. The summed E-state index contributed by atoms with van der Waals surface area (Å²) in [4.78, 5) is 25.1. The smallest absolute Gasteiger partial charge is 0.308 e. The number of aryl methyl sites for hydroxylation is 2. The Balaban J connectivity index is 2.14. The zero-order valence-electron chi connectivity index (χ0n) is 12.0. The monoisotopic (exact) mass is 279 g/mol. The molecule has 5 nitrogen and oxygen atoms in total. The number of amides is 1. The van der Waals surface area contributed by atoms with Crippen LogP contribution >= 0.6 is 0 Å². The van der Waals surface area contributed by atoms with Gasteiger partial charge in [-0.3, -0.25) is 9.59 Å². The first-order valence-electron chi connectivity index (χ1n) is 7.20. The van der Waals surface area contributed by atoms with Gasteiger partial charge < -0.3 is 14.4 Å². The van der Waals surface area contributed by atoms with E-state index in [1.807, 2.05) is 13.8 Å². The van der Waals surface area contributed by atoms with E-state index >= 15 is 0 Å². The van der Waals surface area contributed by atoms with E-state index in [9.17, 15) is 9.59 Å². The van der Waals surface area contributed by atoms with Gasteiger partial charge in [-0.2, -0.15) is 0 Å². The van der Waals surface area contributed by atoms with Crippen molar-refractivity contribution in [3.05, 3.63) is 23.2 Å². The van der Waals surface area contributed by atoms with Crippen LogP contribution in [0.15, 0.2) is 10.5 Å². The molecule has 1 saturated heterocycles. The minimum absolute atomic E-state index is 0.189. The second-order valence-electron chi connectivity index (χ2n) is 5.19. The first kappa shape index (κ1) is 14.6. The average molecular weight is 279 g/mol. The number of rotatable bonds is 4. The largest absolute Gasteiger partial charge is 0.481 e. The van der Waals surface area contributed by atoms with Gasteiger partial charge in [-0.1, -0.05) is 13.8 Å². The Kier molecular flexibility index (Phi) is 4.47. The molecule has 20 heavy (non-hydrogen) atoms. The lowest BCUT2D eigenvalue weighted by molar-refractivity contribution is -0.143. The van der Waals surface area contributed by atoms with E-state index in [0.717, 1.165) is 30.6 Å². The summed E-state index contributed by atoms with van der Waals surface area (Å²) in [7, 11) is 0. The maximum Gasteiger partial charge on any atom is 0.308 e. The number of nitrogens with zero attached hydrogens (tertiary/aromatic N) is 1. The molecule has 1 aromatic heterocycles. The predicted octanol–water partition coefficient (Wildman–Crippen LogP) is 2.34. The van der Waals surface area contributed by atoms with Crippen molar-refractivity contribution in [3.8, 4) is 0 Å². The summed E-state index contributed by atoms with van der Waals surface area (Å²) in [6.07, 6.45) is 2.95. The van der Waals surface area contributed by atoms with Crippen LogP contribution in [0.1, 0.15) is 48.6 Å². The number of carbonyl (C=O) groups excluding carboxylic acids is 1. The minimum atomic E-state index is -0.828. The number of carboxylic acids is 1. The molecule has 1 atom stereocenters. The SMILES string of the molecule is CCc1cc(C(=O)N2CCC[C@H](C(=O)O)C2)oc1CC. The highest BCUT2D eigenvalue weighted by Crippen LogP contribution is 2.22. The van der Waals surface area contributed by atoms with Crippen molar-refractivity contribution in [2.75, 3.05) is 13.1 Å². The van der Waals surface area contributed by atoms with Gasteiger partial charge in [-0.05, 0) is 30.9 Å². The number of furan rings is 1. The Bertz CT molecular complexity index is 484. The van der Waals surface area contributed by atoms with Crippen molar-refractivity contribution in [2.24, 2.45) is 5.92 Å². The molecule has 1 N–H and O–H groups in total. The Morgan fingerprint density at radius 1 is 1.40 bits per heavy atom. The van der Waals surface area contributed by atoms with Gasteiger partial charge in [0, 0.05) is 19.5 Å². The van der Waals surface area contributed by atoms with Gasteiger partial charge in [0.05, 0.1) is 5.92 Å². The van der Waals surface area contributed by atoms with Crippen molar-refractivity contribution in [1.82, 2.24) is 4.90 Å². The van der Waals surface area contributed by atoms with E-state index in [4.69, 9.17) is 9.52 Å². The van der Waals surface area contributed by atoms with Crippen LogP contribution in [0.3, 0.4) is 0 Å². The molecule has 2 heterocycles. The second kappa shape index (κ2) is 6.11. The van der Waals surface area contributed by atoms with Crippen molar-refractivity contribution >= 4 is 11.9 Å². The van der Waals surface area contributed by atoms with E-state index < -0.39 is 11.9 Å². The van der Waals surface area contributed by atoms with Gasteiger partial charge in [-0.25, -0.2) is 0 Å². The fourth-order valence-corrected chi connectivity index (χ4v) is 2.69. The molecule has 1 aromatic rings. The zero-order valence-corrected chi connectivity index (χ0v) is 12.0. The summed E-state index contributed by atoms with van der Waals surface area (Å²) in [5, 5.41) is 9.07. The number of aliphatic carboxylic acids is 1. The van der Waals surface area contributed by atoms with Crippen LogP contribution in [0.25, 0.3) is 0 Å². The summed E-state index contributed by atoms with van der Waals surface area (Å²) >= 11 is 0. The van der Waals surface area contributed by atoms with Crippen LogP contribution < -0.4 is 0 Å². The number of likely N-dealkylation sites (tertiary alicyclic amines) is 1. The van der Waals surface area contributed by atoms with Gasteiger partial charge in [0.2, 0.25) is 0 Å². The number of hydrogen-bond donors (Lipinski definition) is 1. The molecule has 0 saturated carbocycles. The van der Waals surface area contributed by atoms with Gasteiger partial charge in [-0.15, -0.1) is 0 Å². The van der Waals surface area contributed by atoms with Crippen molar-refractivity contribution in [1.29, 1.82) is 0 Å². The lowest BCUT2D eigenvalue weighted by Crippen LogP contribution is -2.42. The molecular formula is C15H21NO4. The van der Waals surface area contributed by atoms with Crippen LogP contribution in [0, 0.1) is 5.92 Å². The molecule has 5 heteroatoms. The first-order chi connectivity index (χ1) is 9.56. The molecule has 0 spiro atoms. The molecule has 0 aliphatic carbocycles. The molecule has 2 rings (SSSR count). The number of carbonyl (C=O) groups is 2. The molecule has 0 radical (unpaired) electrons. The average Bonchev–Trinajstić information content (AvgIpc) is 2.89. The Morgan fingerprint density at radius 3 is 2.70 bits per heavy atom. The van der Waals surface area contributed by atoms with Crippen molar-refractivity contribution < 1.29 is 19.1 Å². The Hall–Kier alpha value is -1.78. The highest BCUT2D eigenvalue weighted by molar-refractivity contribution is 5.92. The summed E-state index contributed by atoms with van der Waals surface area (Å²) in [5.74, 6) is -0.290. The number of piperidine rings is 1. The van der Waals surface area contributed by atoms with Gasteiger partial charge in [0.1, 0.15) is 5.76 Å². The molecule has 1 amide bonds. The maximum atomic E-state index is 12.4. The molecule has 0 bridgehead atoms. The lowest BCUT2D eigenvalue weighted by Gasteiger charge is -2.29. The fraction of sp³-hybridized carbons (Fsp3) is 0.600. The summed E-state index contributed by atoms with van der Waals surface area (Å²) in [5.41, 5.74) is 1.06. The lowest BCUT2D eigenvalue weighted by atomic mass is 9.98. The summed E-state index contributed by atoms with van der Waals surface area (Å²) in [6.45, 7) is 4.90. The van der Waals surface area contributed by atoms with Gasteiger partial charge >= 0.3 is 5.97 Å². The maximum absolute atomic E-state index is 12.4. The number of carboxylic acid groups (broad SMARTS) is 1. The quantitative estimate of drug-likeness (QED) is 0.918. The molecule has 1 aliphatic heterocycles. The van der Waals surface area contributed by atoms with Crippen LogP contribution in [0.2, 0.25) is 0 Å². The van der Waals surface area contributed by atoms with E-state index in [1.54, 1.807) is 11.0 Å². The minimum Gasteiger partial charge on any atom is -0.481 e. The third-order valence-electron chi connectivity index (χ3n) is 3.87. The van der Waals surface area contributed by atoms with Crippen molar-refractivity contribution in [3.63, 3.8) is 0 Å². The van der Waals surface area contributed by atoms with Crippen LogP contribution in [-0.2, 0) is 17.6 Å². The number of hydrogen-bond acceptors (Lipinski definition) is 3. The van der Waals surface area contributed by atoms with E-state index in [0.29, 0.717) is 18.7 Å². The first-order valence-corrected chi connectivity index (χ1v) is 7.20. The normalized spacial score (nSPS) is 19.1. The molecule has 0 aromatic carbocycles. The van der Waals surface area contributed by atoms with Crippen LogP contribution in [0.5, 0.6) is 0 Å². The molecule has 0 unspecified atom stereocenters. The molecule has 1 aliphatic rings. The van der Waals surface area contributed by atoms with Gasteiger partial charge in [0.15, 0.2) is 5.76 Å². The highest BCUT2D eigenvalue weighted by Gasteiger charge is 2.30. The third-order valence-corrected chi connectivity index (χ3v) is 3.87. The Morgan fingerprint density at radius 2 is 2.15 bits per heavy atom. The van der Waals surface area contributed by atoms with E-state index in [1.165, 1.54) is 0 Å². The van der Waals surface area contributed by atoms with Crippen LogP contribution in [0.4, 0.5) is 0 Å². The highest BCUT2D eigenvalue weighted by atomic mass is 16.4. The Labute approximate surface area is 118 Å². The van der Waals surface area contributed by atoms with E-state index in [-0.39, 0.29) is 12.5 Å². The van der Waals surface area contributed by atoms with Crippen molar-refractivity contribution in [2.45, 2.75) is 39.5 Å². The molecular weight excluding hydrogens is 258 g/mol. The van der Waals surface area contributed by atoms with E-state index in [2.05, 4.69) is 0 Å². The fourth-order valence-electron chi connectivity index (χ4n) is 2.69. The van der Waals surface area contributed by atoms with Gasteiger partial charge in [0.25, 0.3) is 5.91 Å². The zero-order chi connectivity index (χ0) is 14.7. The van der Waals surface area contributed by atoms with Crippen LogP contribution in [-0.4, -0.2) is 35.0 Å². The predicted molar refractivity (Wildman–Crippen MR) is 73.7 cm³/mol. The second-order valence-corrected chi connectivity index (χ2v) is 5.19. The molecule has 1 fully saturated rings. The third kappa shape index (κ3) is 2.86.